The second kappa shape index (κ2) is 6.38. The maximum Gasteiger partial charge on any atom is 0.0555 e. The van der Waals surface area contributed by atoms with Crippen LogP contribution < -0.4 is 5.73 Å². The van der Waals surface area contributed by atoms with Gasteiger partial charge >= 0.3 is 0 Å². The van der Waals surface area contributed by atoms with Crippen molar-refractivity contribution in [2.45, 2.75) is 39.3 Å². The predicted molar refractivity (Wildman–Crippen MR) is 78.5 cm³/mol. The first-order valence-corrected chi connectivity index (χ1v) is 7.57. The van der Waals surface area contributed by atoms with Gasteiger partial charge in [0.05, 0.1) is 6.54 Å². The minimum Gasteiger partial charge on any atom is -0.320 e. The number of nitrogens with two attached hydrogens (primary N) is 1. The SMILES string of the molecule is CC(C)CN(Cc1cc(C#CCN)cs1)C1CC1. The van der Waals surface area contributed by atoms with Crippen LogP contribution in [0.4, 0.5) is 0 Å². The normalized spacial score (nSPS) is 14.9. The van der Waals surface area contributed by atoms with Crippen LogP contribution in [0.5, 0.6) is 0 Å². The summed E-state index contributed by atoms with van der Waals surface area (Å²) in [5.41, 5.74) is 6.50. The molecule has 0 unspecified atom stereocenters. The third-order valence-electron chi connectivity index (χ3n) is 3.01. The highest BCUT2D eigenvalue weighted by molar-refractivity contribution is 7.10. The molecule has 2 N–H and O–H groups in total. The number of thiophene rings is 1. The molecule has 1 aliphatic carbocycles. The van der Waals surface area contributed by atoms with E-state index < -0.39 is 0 Å². The van der Waals surface area contributed by atoms with Gasteiger partial charge in [-0.2, -0.15) is 0 Å². The van der Waals surface area contributed by atoms with Crippen molar-refractivity contribution >= 4 is 11.3 Å². The lowest BCUT2D eigenvalue weighted by Gasteiger charge is -2.23. The summed E-state index contributed by atoms with van der Waals surface area (Å²) in [6.07, 6.45) is 2.75. The van der Waals surface area contributed by atoms with Crippen LogP contribution in [0, 0.1) is 17.8 Å². The van der Waals surface area contributed by atoms with Gasteiger partial charge in [-0.05, 0) is 24.8 Å². The molecule has 0 aromatic carbocycles. The zero-order valence-electron chi connectivity index (χ0n) is 11.3. The second-order valence-corrected chi connectivity index (χ2v) is 6.36. The first kappa shape index (κ1) is 13.6. The van der Waals surface area contributed by atoms with Gasteiger partial charge in [0.15, 0.2) is 0 Å². The topological polar surface area (TPSA) is 29.3 Å². The predicted octanol–water partition coefficient (Wildman–Crippen LogP) is 2.68. The first-order valence-electron chi connectivity index (χ1n) is 6.69. The van der Waals surface area contributed by atoms with Gasteiger partial charge in [-0.25, -0.2) is 0 Å². The molecule has 0 aliphatic heterocycles. The molecule has 0 radical (unpaired) electrons. The highest BCUT2D eigenvalue weighted by Crippen LogP contribution is 2.30. The monoisotopic (exact) mass is 262 g/mol. The quantitative estimate of drug-likeness (QED) is 0.827. The summed E-state index contributed by atoms with van der Waals surface area (Å²) < 4.78 is 0. The van der Waals surface area contributed by atoms with Crippen LogP contribution in [-0.4, -0.2) is 24.0 Å². The Kier molecular flexibility index (Phi) is 4.82. The van der Waals surface area contributed by atoms with Crippen LogP contribution in [-0.2, 0) is 6.54 Å². The lowest BCUT2D eigenvalue weighted by molar-refractivity contribution is 0.228. The molecule has 0 spiro atoms. The van der Waals surface area contributed by atoms with Crippen molar-refractivity contribution in [3.8, 4) is 11.8 Å². The van der Waals surface area contributed by atoms with Crippen molar-refractivity contribution in [1.29, 1.82) is 0 Å². The number of rotatable bonds is 5. The molecule has 1 aromatic rings. The van der Waals surface area contributed by atoms with Gasteiger partial charge in [-0.1, -0.05) is 25.7 Å². The minimum atomic E-state index is 0.437. The van der Waals surface area contributed by atoms with Gasteiger partial charge in [0, 0.05) is 35.0 Å². The second-order valence-electron chi connectivity index (χ2n) is 5.36. The van der Waals surface area contributed by atoms with Gasteiger partial charge in [0.2, 0.25) is 0 Å². The molecule has 1 fully saturated rings. The van der Waals surface area contributed by atoms with E-state index in [1.54, 1.807) is 0 Å². The standard InChI is InChI=1S/C15H22N2S/c1-12(2)9-17(14-5-6-14)10-15-8-13(11-18-15)4-3-7-16/h8,11-12,14H,5-7,9-10,16H2,1-2H3. The zero-order chi connectivity index (χ0) is 13.0. The van der Waals surface area contributed by atoms with Crippen LogP contribution in [0.2, 0.25) is 0 Å². The minimum absolute atomic E-state index is 0.437. The number of hydrogen-bond acceptors (Lipinski definition) is 3. The smallest absolute Gasteiger partial charge is 0.0555 e. The molecule has 2 nitrogen and oxygen atoms in total. The Morgan fingerprint density at radius 3 is 2.89 bits per heavy atom. The Labute approximate surface area is 114 Å². The zero-order valence-corrected chi connectivity index (χ0v) is 12.1. The van der Waals surface area contributed by atoms with Crippen LogP contribution in [0.3, 0.4) is 0 Å². The van der Waals surface area contributed by atoms with E-state index in [2.05, 4.69) is 42.0 Å². The Bertz CT molecular complexity index is 435. The molecule has 0 saturated heterocycles. The molecule has 0 bridgehead atoms. The van der Waals surface area contributed by atoms with Gasteiger partial charge < -0.3 is 5.73 Å². The van der Waals surface area contributed by atoms with E-state index in [1.807, 2.05) is 11.3 Å². The Hall–Kier alpha value is -0.820. The molecule has 1 aliphatic rings. The first-order chi connectivity index (χ1) is 8.69. The molecule has 0 atom stereocenters. The lowest BCUT2D eigenvalue weighted by atomic mass is 10.2. The fourth-order valence-corrected chi connectivity index (χ4v) is 2.97. The highest BCUT2D eigenvalue weighted by Gasteiger charge is 2.29. The van der Waals surface area contributed by atoms with Crippen molar-refractivity contribution < 1.29 is 0 Å². The molecule has 2 rings (SSSR count). The highest BCUT2D eigenvalue weighted by atomic mass is 32.1. The molecule has 3 heteroatoms. The molecule has 0 amide bonds. The molecule has 18 heavy (non-hydrogen) atoms. The van der Waals surface area contributed by atoms with Crippen LogP contribution in [0.15, 0.2) is 11.4 Å². The van der Waals surface area contributed by atoms with Crippen molar-refractivity contribution in [2.75, 3.05) is 13.1 Å². The average Bonchev–Trinajstić information content (AvgIpc) is 3.07. The molecule has 98 valence electrons. The summed E-state index contributed by atoms with van der Waals surface area (Å²) in [5.74, 6) is 6.75. The van der Waals surface area contributed by atoms with Crippen LogP contribution in [0.25, 0.3) is 0 Å². The largest absolute Gasteiger partial charge is 0.320 e. The Morgan fingerprint density at radius 1 is 1.50 bits per heavy atom. The average molecular weight is 262 g/mol. The van der Waals surface area contributed by atoms with E-state index in [0.717, 1.165) is 24.1 Å². The van der Waals surface area contributed by atoms with E-state index in [1.165, 1.54) is 24.3 Å². The maximum absolute atomic E-state index is 5.39. The molecular formula is C15H22N2S. The third kappa shape index (κ3) is 4.13. The van der Waals surface area contributed by atoms with Crippen molar-refractivity contribution in [3.63, 3.8) is 0 Å². The molecule has 1 heterocycles. The lowest BCUT2D eigenvalue weighted by Crippen LogP contribution is -2.29. The summed E-state index contributed by atoms with van der Waals surface area (Å²) in [4.78, 5) is 4.04. The third-order valence-corrected chi connectivity index (χ3v) is 3.93. The van der Waals surface area contributed by atoms with Gasteiger partial charge in [0.1, 0.15) is 0 Å². The van der Waals surface area contributed by atoms with E-state index in [9.17, 15) is 0 Å². The summed E-state index contributed by atoms with van der Waals surface area (Å²) >= 11 is 1.82. The summed E-state index contributed by atoms with van der Waals surface area (Å²) in [7, 11) is 0. The van der Waals surface area contributed by atoms with E-state index in [4.69, 9.17) is 5.73 Å². The number of nitrogens with zero attached hydrogens (tertiary/aromatic N) is 1. The maximum atomic E-state index is 5.39. The number of hydrogen-bond donors (Lipinski definition) is 1. The van der Waals surface area contributed by atoms with Gasteiger partial charge in [0.25, 0.3) is 0 Å². The fraction of sp³-hybridized carbons (Fsp3) is 0.600. The van der Waals surface area contributed by atoms with Gasteiger partial charge in [-0.15, -0.1) is 11.3 Å². The van der Waals surface area contributed by atoms with Crippen LogP contribution in [0.1, 0.15) is 37.1 Å². The van der Waals surface area contributed by atoms with Crippen molar-refractivity contribution in [2.24, 2.45) is 11.7 Å². The van der Waals surface area contributed by atoms with Crippen molar-refractivity contribution in [1.82, 2.24) is 4.90 Å². The Balaban J connectivity index is 1.95. The van der Waals surface area contributed by atoms with E-state index >= 15 is 0 Å². The fourth-order valence-electron chi connectivity index (χ4n) is 2.13. The molecule has 1 aromatic heterocycles. The van der Waals surface area contributed by atoms with E-state index in [0.29, 0.717) is 6.54 Å². The summed E-state index contributed by atoms with van der Waals surface area (Å²) in [6, 6.07) is 3.04. The Morgan fingerprint density at radius 2 is 2.28 bits per heavy atom. The van der Waals surface area contributed by atoms with E-state index in [-0.39, 0.29) is 0 Å². The van der Waals surface area contributed by atoms with Gasteiger partial charge in [-0.3, -0.25) is 4.90 Å². The molecule has 1 saturated carbocycles. The summed E-state index contributed by atoms with van der Waals surface area (Å²) in [5, 5.41) is 2.14. The van der Waals surface area contributed by atoms with Crippen LogP contribution >= 0.6 is 11.3 Å². The molecular weight excluding hydrogens is 240 g/mol. The summed E-state index contributed by atoms with van der Waals surface area (Å²) in [6.45, 7) is 7.31. The van der Waals surface area contributed by atoms with Crippen molar-refractivity contribution in [3.05, 3.63) is 21.9 Å².